The molecule has 2 aliphatic heterocycles. The van der Waals surface area contributed by atoms with E-state index in [1.54, 1.807) is 12.1 Å². The molecule has 2 aromatic carbocycles. The Kier molecular flexibility index (Phi) is 5.27. The van der Waals surface area contributed by atoms with Crippen LogP contribution >= 0.6 is 11.6 Å². The van der Waals surface area contributed by atoms with E-state index in [0.29, 0.717) is 23.0 Å². The van der Waals surface area contributed by atoms with E-state index in [2.05, 4.69) is 24.3 Å². The van der Waals surface area contributed by atoms with Gasteiger partial charge < -0.3 is 14.7 Å². The smallest absolute Gasteiger partial charge is 0.335 e. The van der Waals surface area contributed by atoms with Gasteiger partial charge in [0.05, 0.1) is 5.56 Å². The highest BCUT2D eigenvalue weighted by molar-refractivity contribution is 6.31. The summed E-state index contributed by atoms with van der Waals surface area (Å²) in [6, 6.07) is 13.3. The lowest BCUT2D eigenvalue weighted by atomic mass is 9.88. The van der Waals surface area contributed by atoms with Crippen molar-refractivity contribution >= 4 is 23.5 Å². The minimum atomic E-state index is -0.982. The van der Waals surface area contributed by atoms with Crippen LogP contribution in [0.15, 0.2) is 42.5 Å². The number of hydrogen-bond donors (Lipinski definition) is 1. The molecule has 1 spiro atoms. The van der Waals surface area contributed by atoms with E-state index in [-0.39, 0.29) is 17.6 Å². The molecule has 1 saturated carbocycles. The number of benzene rings is 2. The minimum absolute atomic E-state index is 0.177. The highest BCUT2D eigenvalue weighted by Crippen LogP contribution is 2.65. The van der Waals surface area contributed by atoms with Crippen molar-refractivity contribution in [1.29, 1.82) is 0 Å². The van der Waals surface area contributed by atoms with E-state index in [1.165, 1.54) is 18.1 Å². The molecule has 5 nitrogen and oxygen atoms in total. The molecule has 2 atom stereocenters. The van der Waals surface area contributed by atoms with Crippen molar-refractivity contribution in [2.45, 2.75) is 44.1 Å². The van der Waals surface area contributed by atoms with Crippen molar-refractivity contribution < 1.29 is 19.4 Å². The van der Waals surface area contributed by atoms with Gasteiger partial charge in [0.15, 0.2) is 0 Å². The average molecular weight is 440 g/mol. The summed E-state index contributed by atoms with van der Waals surface area (Å²) in [6.07, 6.45) is 4.90. The predicted octanol–water partition coefficient (Wildman–Crippen LogP) is 4.98. The van der Waals surface area contributed by atoms with Gasteiger partial charge in [-0.2, -0.15) is 0 Å². The number of amides is 1. The summed E-state index contributed by atoms with van der Waals surface area (Å²) in [4.78, 5) is 25.9. The monoisotopic (exact) mass is 439 g/mol. The van der Waals surface area contributed by atoms with Crippen LogP contribution in [0.5, 0.6) is 0 Å². The number of nitrogens with zero attached hydrogens (tertiary/aromatic N) is 1. The molecule has 1 aliphatic carbocycles. The van der Waals surface area contributed by atoms with Crippen LogP contribution in [0.2, 0.25) is 5.02 Å². The zero-order valence-corrected chi connectivity index (χ0v) is 18.1. The van der Waals surface area contributed by atoms with Gasteiger partial charge in [-0.15, -0.1) is 0 Å². The molecule has 1 N–H and O–H groups in total. The van der Waals surface area contributed by atoms with E-state index in [9.17, 15) is 14.7 Å². The number of aromatic carboxylic acids is 1. The van der Waals surface area contributed by atoms with Gasteiger partial charge in [-0.3, -0.25) is 4.79 Å². The van der Waals surface area contributed by atoms with Crippen molar-refractivity contribution in [1.82, 2.24) is 4.90 Å². The fourth-order valence-electron chi connectivity index (χ4n) is 5.31. The fourth-order valence-corrected chi connectivity index (χ4v) is 5.54. The molecule has 0 bridgehead atoms. The van der Waals surface area contributed by atoms with Crippen molar-refractivity contribution in [3.05, 3.63) is 58.6 Å². The van der Waals surface area contributed by atoms with E-state index in [0.717, 1.165) is 49.9 Å². The van der Waals surface area contributed by atoms with Crippen LogP contribution in [0.1, 0.15) is 53.9 Å². The number of likely N-dealkylation sites (tertiary alicyclic amines) is 1. The second kappa shape index (κ2) is 7.95. The van der Waals surface area contributed by atoms with Crippen LogP contribution in [-0.2, 0) is 9.53 Å². The standard InChI is InChI=1S/C25H26ClNO4/c26-20-13-18(12-19(14-20)24(29)30)16-3-5-17(6-4-16)21-15-25(21)7-9-27(10-8-25)23(28)22-2-1-11-31-22/h3-6,12-14,21-22H,1-2,7-11,15H2,(H,29,30)/t21-,22+/m0/s1. The number of carboxylic acids is 1. The van der Waals surface area contributed by atoms with Crippen molar-refractivity contribution in [3.63, 3.8) is 0 Å². The highest BCUT2D eigenvalue weighted by Gasteiger charge is 2.55. The molecule has 31 heavy (non-hydrogen) atoms. The zero-order valence-electron chi connectivity index (χ0n) is 17.4. The molecule has 3 fully saturated rings. The van der Waals surface area contributed by atoms with Crippen LogP contribution in [-0.4, -0.2) is 47.7 Å². The third kappa shape index (κ3) is 3.97. The Labute approximate surface area is 187 Å². The second-order valence-corrected chi connectivity index (χ2v) is 9.54. The Morgan fingerprint density at radius 2 is 1.81 bits per heavy atom. The third-order valence-electron chi connectivity index (χ3n) is 7.26. The lowest BCUT2D eigenvalue weighted by Crippen LogP contribution is -2.44. The van der Waals surface area contributed by atoms with Gasteiger partial charge >= 0.3 is 5.97 Å². The summed E-state index contributed by atoms with van der Waals surface area (Å²) in [6.45, 7) is 2.36. The normalized spacial score (nSPS) is 24.4. The number of carbonyl (C=O) groups is 2. The van der Waals surface area contributed by atoms with Crippen LogP contribution in [0.25, 0.3) is 11.1 Å². The number of rotatable bonds is 4. The number of hydrogen-bond acceptors (Lipinski definition) is 3. The van der Waals surface area contributed by atoms with Crippen LogP contribution < -0.4 is 0 Å². The molecule has 3 aliphatic rings. The molecule has 5 rings (SSSR count). The molecule has 1 amide bonds. The Hall–Kier alpha value is -2.37. The minimum Gasteiger partial charge on any atom is -0.478 e. The number of halogens is 1. The van der Waals surface area contributed by atoms with Gasteiger partial charge in [-0.05, 0) is 78.3 Å². The van der Waals surface area contributed by atoms with Gasteiger partial charge in [-0.25, -0.2) is 4.79 Å². The summed E-state index contributed by atoms with van der Waals surface area (Å²) in [5, 5.41) is 9.69. The van der Waals surface area contributed by atoms with Gasteiger partial charge in [0.2, 0.25) is 0 Å². The first-order valence-corrected chi connectivity index (χ1v) is 11.4. The van der Waals surface area contributed by atoms with Crippen LogP contribution in [0.4, 0.5) is 0 Å². The third-order valence-corrected chi connectivity index (χ3v) is 7.48. The maximum absolute atomic E-state index is 12.6. The lowest BCUT2D eigenvalue weighted by Gasteiger charge is -2.34. The van der Waals surface area contributed by atoms with Gasteiger partial charge in [0.1, 0.15) is 6.10 Å². The molecular formula is C25H26ClNO4. The molecule has 2 saturated heterocycles. The molecule has 0 unspecified atom stereocenters. The average Bonchev–Trinajstić information content (AvgIpc) is 3.20. The van der Waals surface area contributed by atoms with Gasteiger partial charge in [0.25, 0.3) is 5.91 Å². The molecule has 0 radical (unpaired) electrons. The lowest BCUT2D eigenvalue weighted by molar-refractivity contribution is -0.142. The quantitative estimate of drug-likeness (QED) is 0.729. The van der Waals surface area contributed by atoms with Crippen molar-refractivity contribution in [2.75, 3.05) is 19.7 Å². The summed E-state index contributed by atoms with van der Waals surface area (Å²) in [7, 11) is 0. The summed E-state index contributed by atoms with van der Waals surface area (Å²) < 4.78 is 5.57. The first-order chi connectivity index (χ1) is 14.9. The van der Waals surface area contributed by atoms with E-state index in [1.807, 2.05) is 4.90 Å². The SMILES string of the molecule is O=C(O)c1cc(Cl)cc(-c2ccc([C@@H]3CC34CCN(C(=O)[C@H]3CCCO3)CC4)cc2)c1. The predicted molar refractivity (Wildman–Crippen MR) is 118 cm³/mol. The molecule has 2 aromatic rings. The summed E-state index contributed by atoms with van der Waals surface area (Å²) in [5.74, 6) is -0.267. The number of carboxylic acid groups (broad SMARTS) is 1. The van der Waals surface area contributed by atoms with Gasteiger partial charge in [-0.1, -0.05) is 35.9 Å². The van der Waals surface area contributed by atoms with Crippen LogP contribution in [0.3, 0.4) is 0 Å². The number of ether oxygens (including phenoxy) is 1. The largest absolute Gasteiger partial charge is 0.478 e. The maximum Gasteiger partial charge on any atom is 0.335 e. The second-order valence-electron chi connectivity index (χ2n) is 9.10. The topological polar surface area (TPSA) is 66.8 Å². The van der Waals surface area contributed by atoms with E-state index < -0.39 is 5.97 Å². The Morgan fingerprint density at radius 3 is 2.45 bits per heavy atom. The molecule has 162 valence electrons. The van der Waals surface area contributed by atoms with E-state index in [4.69, 9.17) is 16.3 Å². The molecule has 2 heterocycles. The van der Waals surface area contributed by atoms with E-state index >= 15 is 0 Å². The summed E-state index contributed by atoms with van der Waals surface area (Å²) in [5.41, 5.74) is 3.60. The Bertz CT molecular complexity index is 1000. The molecular weight excluding hydrogens is 414 g/mol. The molecule has 6 heteroatoms. The number of carbonyl (C=O) groups excluding carboxylic acids is 1. The number of piperidine rings is 1. The fraction of sp³-hybridized carbons (Fsp3) is 0.440. The van der Waals surface area contributed by atoms with Gasteiger partial charge in [0, 0.05) is 24.7 Å². The Balaban J connectivity index is 1.24. The van der Waals surface area contributed by atoms with Crippen LogP contribution in [0, 0.1) is 5.41 Å². The maximum atomic E-state index is 12.6. The first-order valence-electron chi connectivity index (χ1n) is 11.0. The Morgan fingerprint density at radius 1 is 1.06 bits per heavy atom. The van der Waals surface area contributed by atoms with Crippen molar-refractivity contribution in [3.8, 4) is 11.1 Å². The highest BCUT2D eigenvalue weighted by atomic mass is 35.5. The van der Waals surface area contributed by atoms with Crippen molar-refractivity contribution in [2.24, 2.45) is 5.41 Å². The zero-order chi connectivity index (χ0) is 21.6. The summed E-state index contributed by atoms with van der Waals surface area (Å²) >= 11 is 6.11. The first kappa shape index (κ1) is 20.5. The molecule has 0 aromatic heterocycles.